The van der Waals surface area contributed by atoms with Crippen LogP contribution in [0.25, 0.3) is 0 Å². The van der Waals surface area contributed by atoms with Crippen molar-refractivity contribution in [1.82, 2.24) is 9.88 Å². The predicted molar refractivity (Wildman–Crippen MR) is 49.4 cm³/mol. The molecule has 4 nitrogen and oxygen atoms in total. The van der Waals surface area contributed by atoms with Crippen molar-refractivity contribution in [3.63, 3.8) is 0 Å². The molecule has 0 saturated heterocycles. The van der Waals surface area contributed by atoms with Gasteiger partial charge in [-0.3, -0.25) is 4.79 Å². The fourth-order valence-electron chi connectivity index (χ4n) is 0.892. The number of hydrogen-bond donors (Lipinski definition) is 0. The molecule has 1 unspecified atom stereocenters. The lowest BCUT2D eigenvalue weighted by Gasteiger charge is -2.19. The van der Waals surface area contributed by atoms with E-state index in [1.54, 1.807) is 18.6 Å². The van der Waals surface area contributed by atoms with Gasteiger partial charge >= 0.3 is 0 Å². The maximum absolute atomic E-state index is 11.0. The van der Waals surface area contributed by atoms with Crippen LogP contribution in [0, 0.1) is 0 Å². The fourth-order valence-corrected chi connectivity index (χ4v) is 1.63. The zero-order valence-corrected chi connectivity index (χ0v) is 8.25. The normalized spacial score (nSPS) is 12.2. The molecule has 1 aromatic rings. The number of likely N-dealkylation sites (N-methyl/N-ethyl adjacent to an activating group) is 1. The highest BCUT2D eigenvalue weighted by Crippen LogP contribution is 2.18. The van der Waals surface area contributed by atoms with Gasteiger partial charge in [0.25, 0.3) is 0 Å². The number of aromatic nitrogens is 1. The van der Waals surface area contributed by atoms with Crippen molar-refractivity contribution in [3.8, 4) is 0 Å². The molecule has 1 heterocycles. The maximum atomic E-state index is 11.0. The number of carbonyl (C=O) groups excluding carboxylic acids is 2. The van der Waals surface area contributed by atoms with E-state index in [0.717, 1.165) is 6.29 Å². The standard InChI is InChI=1S/C8H10N2O2S/c1-6(12)10(2)7(5-11)8-9-3-4-13-8/h3-5,7H,1-2H3. The van der Waals surface area contributed by atoms with Gasteiger partial charge in [-0.2, -0.15) is 0 Å². The second-order valence-corrected chi connectivity index (χ2v) is 3.51. The minimum Gasteiger partial charge on any atom is -0.330 e. The highest BCUT2D eigenvalue weighted by Gasteiger charge is 2.20. The van der Waals surface area contributed by atoms with Crippen molar-refractivity contribution in [2.24, 2.45) is 0 Å². The lowest BCUT2D eigenvalue weighted by Crippen LogP contribution is -2.29. The topological polar surface area (TPSA) is 50.3 Å². The average Bonchev–Trinajstić information content (AvgIpc) is 2.58. The Morgan fingerprint density at radius 3 is 2.85 bits per heavy atom. The van der Waals surface area contributed by atoms with E-state index in [4.69, 9.17) is 0 Å². The first kappa shape index (κ1) is 9.85. The van der Waals surface area contributed by atoms with E-state index in [0.29, 0.717) is 5.01 Å². The van der Waals surface area contributed by atoms with E-state index < -0.39 is 6.04 Å². The summed E-state index contributed by atoms with van der Waals surface area (Å²) in [5.41, 5.74) is 0. The summed E-state index contributed by atoms with van der Waals surface area (Å²) in [5.74, 6) is -0.146. The van der Waals surface area contributed by atoms with Gasteiger partial charge in [0.05, 0.1) is 0 Å². The molecule has 0 fully saturated rings. The molecule has 13 heavy (non-hydrogen) atoms. The van der Waals surface area contributed by atoms with E-state index in [2.05, 4.69) is 4.98 Å². The molecule has 0 aliphatic heterocycles. The molecule has 0 aromatic carbocycles. The summed E-state index contributed by atoms with van der Waals surface area (Å²) >= 11 is 1.37. The Bertz CT molecular complexity index is 297. The lowest BCUT2D eigenvalue weighted by molar-refractivity contribution is -0.132. The summed E-state index contributed by atoms with van der Waals surface area (Å²) in [7, 11) is 1.59. The van der Waals surface area contributed by atoms with Crippen LogP contribution in [0.4, 0.5) is 0 Å². The summed E-state index contributed by atoms with van der Waals surface area (Å²) in [6.45, 7) is 1.42. The highest BCUT2D eigenvalue weighted by molar-refractivity contribution is 7.09. The molecule has 70 valence electrons. The SMILES string of the molecule is CC(=O)N(C)C(C=O)c1nccs1. The van der Waals surface area contributed by atoms with Crippen LogP contribution in [-0.4, -0.2) is 29.1 Å². The van der Waals surface area contributed by atoms with Crippen molar-refractivity contribution in [1.29, 1.82) is 0 Å². The maximum Gasteiger partial charge on any atom is 0.220 e. The summed E-state index contributed by atoms with van der Waals surface area (Å²) in [6, 6.07) is -0.544. The lowest BCUT2D eigenvalue weighted by atomic mass is 10.3. The largest absolute Gasteiger partial charge is 0.330 e. The fraction of sp³-hybridized carbons (Fsp3) is 0.375. The molecule has 0 spiro atoms. The van der Waals surface area contributed by atoms with Gasteiger partial charge in [-0.05, 0) is 0 Å². The molecule has 5 heteroatoms. The van der Waals surface area contributed by atoms with E-state index in [1.165, 1.54) is 23.2 Å². The zero-order chi connectivity index (χ0) is 9.84. The molecule has 0 N–H and O–H groups in total. The third-order valence-corrected chi connectivity index (χ3v) is 2.59. The van der Waals surface area contributed by atoms with Crippen LogP contribution in [0.3, 0.4) is 0 Å². The number of rotatable bonds is 3. The smallest absolute Gasteiger partial charge is 0.220 e. The molecule has 1 rings (SSSR count). The second kappa shape index (κ2) is 4.13. The van der Waals surface area contributed by atoms with E-state index in [9.17, 15) is 9.59 Å². The van der Waals surface area contributed by atoms with Gasteiger partial charge in [0.15, 0.2) is 0 Å². The van der Waals surface area contributed by atoms with Crippen LogP contribution in [0.5, 0.6) is 0 Å². The first-order valence-electron chi connectivity index (χ1n) is 3.75. The van der Waals surface area contributed by atoms with Crippen molar-refractivity contribution in [2.45, 2.75) is 13.0 Å². The Balaban J connectivity index is 2.86. The molecule has 1 aromatic heterocycles. The predicted octanol–water partition coefficient (Wildman–Crippen LogP) is 0.861. The number of aldehydes is 1. The van der Waals surface area contributed by atoms with Crippen LogP contribution in [-0.2, 0) is 9.59 Å². The Hall–Kier alpha value is -1.23. The summed E-state index contributed by atoms with van der Waals surface area (Å²) in [4.78, 5) is 27.1. The third-order valence-electron chi connectivity index (χ3n) is 1.75. The molecule has 0 bridgehead atoms. The van der Waals surface area contributed by atoms with Crippen molar-refractivity contribution >= 4 is 23.5 Å². The van der Waals surface area contributed by atoms with E-state index in [-0.39, 0.29) is 5.91 Å². The first-order chi connectivity index (χ1) is 6.16. The summed E-state index contributed by atoms with van der Waals surface area (Å²) in [6.07, 6.45) is 2.34. The highest BCUT2D eigenvalue weighted by atomic mass is 32.1. The Labute approximate surface area is 80.2 Å². The molecule has 0 aliphatic rings. The van der Waals surface area contributed by atoms with Gasteiger partial charge in [0.2, 0.25) is 5.91 Å². The Kier molecular flexibility index (Phi) is 3.13. The van der Waals surface area contributed by atoms with Crippen molar-refractivity contribution in [2.75, 3.05) is 7.05 Å². The van der Waals surface area contributed by atoms with E-state index in [1.807, 2.05) is 0 Å². The quantitative estimate of drug-likeness (QED) is 0.677. The zero-order valence-electron chi connectivity index (χ0n) is 7.43. The number of carbonyl (C=O) groups is 2. The van der Waals surface area contributed by atoms with Gasteiger partial charge in [-0.1, -0.05) is 0 Å². The molecular formula is C8H10N2O2S. The number of amides is 1. The van der Waals surface area contributed by atoms with E-state index >= 15 is 0 Å². The molecule has 0 aliphatic carbocycles. The van der Waals surface area contributed by atoms with Crippen LogP contribution in [0.2, 0.25) is 0 Å². The molecular weight excluding hydrogens is 188 g/mol. The summed E-state index contributed by atoms with van der Waals surface area (Å²) in [5, 5.41) is 2.42. The molecule has 1 amide bonds. The Morgan fingerprint density at radius 2 is 2.46 bits per heavy atom. The Morgan fingerprint density at radius 1 is 1.77 bits per heavy atom. The molecule has 0 saturated carbocycles. The van der Waals surface area contributed by atoms with Gasteiger partial charge in [-0.25, -0.2) is 4.98 Å². The number of nitrogens with zero attached hydrogens (tertiary/aromatic N) is 2. The second-order valence-electron chi connectivity index (χ2n) is 2.58. The minimum absolute atomic E-state index is 0.146. The van der Waals surface area contributed by atoms with Crippen LogP contribution in [0.1, 0.15) is 18.0 Å². The average molecular weight is 198 g/mol. The first-order valence-corrected chi connectivity index (χ1v) is 4.63. The number of thiazole rings is 1. The van der Waals surface area contributed by atoms with Gasteiger partial charge in [0, 0.05) is 25.5 Å². The van der Waals surface area contributed by atoms with Crippen LogP contribution < -0.4 is 0 Å². The van der Waals surface area contributed by atoms with Crippen molar-refractivity contribution < 1.29 is 9.59 Å². The minimum atomic E-state index is -0.544. The monoisotopic (exact) mass is 198 g/mol. The van der Waals surface area contributed by atoms with Crippen LogP contribution >= 0.6 is 11.3 Å². The molecule has 1 atom stereocenters. The molecule has 0 radical (unpaired) electrons. The summed E-state index contributed by atoms with van der Waals surface area (Å²) < 4.78 is 0. The van der Waals surface area contributed by atoms with Gasteiger partial charge < -0.3 is 9.69 Å². The van der Waals surface area contributed by atoms with Gasteiger partial charge in [-0.15, -0.1) is 11.3 Å². The third kappa shape index (κ3) is 2.12. The number of hydrogen-bond acceptors (Lipinski definition) is 4. The van der Waals surface area contributed by atoms with Crippen molar-refractivity contribution in [3.05, 3.63) is 16.6 Å². The van der Waals surface area contributed by atoms with Crippen LogP contribution in [0.15, 0.2) is 11.6 Å². The van der Waals surface area contributed by atoms with Gasteiger partial charge in [0.1, 0.15) is 17.3 Å².